The predicted octanol–water partition coefficient (Wildman–Crippen LogP) is 4.58. The summed E-state index contributed by atoms with van der Waals surface area (Å²) in [5.74, 6) is -2.42. The number of carboxylic acids is 1. The van der Waals surface area contributed by atoms with Crippen LogP contribution in [0.15, 0.2) is 66.1 Å². The van der Waals surface area contributed by atoms with Crippen molar-refractivity contribution in [3.05, 3.63) is 72.3 Å². The van der Waals surface area contributed by atoms with Gasteiger partial charge in [-0.05, 0) is 54.2 Å². The van der Waals surface area contributed by atoms with Gasteiger partial charge in [-0.15, -0.1) is 6.58 Å². The first-order chi connectivity index (χ1) is 16.2. The van der Waals surface area contributed by atoms with Crippen LogP contribution < -0.4 is 10.0 Å². The number of aliphatic carboxylic acids is 1. The molecule has 1 fully saturated rings. The highest BCUT2D eigenvalue weighted by Gasteiger charge is 2.50. The molecule has 190 valence electrons. The number of nitrogens with one attached hydrogen (secondary N) is 2. The average molecular weight is 513 g/mol. The fourth-order valence-corrected chi connectivity index (χ4v) is 4.27. The van der Waals surface area contributed by atoms with E-state index in [1.54, 1.807) is 30.3 Å². The maximum Gasteiger partial charge on any atom is 0.490 e. The van der Waals surface area contributed by atoms with Gasteiger partial charge in [0.05, 0.1) is 10.3 Å². The van der Waals surface area contributed by atoms with Gasteiger partial charge < -0.3 is 10.4 Å². The SMILES string of the molecule is C=CCNC(=O)C1(c2ccc(NS(=O)(=O)c3ccc(C(C)C)cc3)cc2)CC1.O=C(O)C(F)(F)F. The highest BCUT2D eigenvalue weighted by molar-refractivity contribution is 7.92. The molecular weight excluding hydrogens is 485 g/mol. The Labute approximate surface area is 202 Å². The minimum Gasteiger partial charge on any atom is -0.475 e. The molecule has 0 aliphatic heterocycles. The topological polar surface area (TPSA) is 113 Å². The van der Waals surface area contributed by atoms with Crippen LogP contribution in [-0.2, 0) is 25.0 Å². The van der Waals surface area contributed by atoms with E-state index in [9.17, 15) is 26.4 Å². The first-order valence-corrected chi connectivity index (χ1v) is 12.1. The van der Waals surface area contributed by atoms with Crippen LogP contribution in [-0.4, -0.2) is 38.1 Å². The van der Waals surface area contributed by atoms with Crippen LogP contribution >= 0.6 is 0 Å². The molecule has 0 aromatic heterocycles. The lowest BCUT2D eigenvalue weighted by atomic mass is 9.95. The Kier molecular flexibility index (Phi) is 8.72. The van der Waals surface area contributed by atoms with Gasteiger partial charge >= 0.3 is 12.1 Å². The third-order valence-corrected chi connectivity index (χ3v) is 6.78. The molecule has 35 heavy (non-hydrogen) atoms. The van der Waals surface area contributed by atoms with Crippen LogP contribution in [0.5, 0.6) is 0 Å². The number of alkyl halides is 3. The zero-order valence-corrected chi connectivity index (χ0v) is 20.0. The zero-order chi connectivity index (χ0) is 26.4. The summed E-state index contributed by atoms with van der Waals surface area (Å²) in [6, 6.07) is 14.0. The molecule has 3 rings (SSSR count). The number of carboxylic acid groups (broad SMARTS) is 1. The van der Waals surface area contributed by atoms with Gasteiger partial charge in [-0.2, -0.15) is 13.2 Å². The van der Waals surface area contributed by atoms with Crippen LogP contribution in [0.25, 0.3) is 0 Å². The molecule has 3 N–H and O–H groups in total. The highest BCUT2D eigenvalue weighted by atomic mass is 32.2. The van der Waals surface area contributed by atoms with Crippen molar-refractivity contribution >= 4 is 27.6 Å². The molecule has 1 aliphatic rings. The number of halogens is 3. The third-order valence-electron chi connectivity index (χ3n) is 5.38. The molecule has 1 aliphatic carbocycles. The quantitative estimate of drug-likeness (QED) is 0.449. The first-order valence-electron chi connectivity index (χ1n) is 10.7. The van der Waals surface area contributed by atoms with Crippen LogP contribution in [0.1, 0.15) is 43.7 Å². The largest absolute Gasteiger partial charge is 0.490 e. The second kappa shape index (κ2) is 10.9. The molecule has 0 heterocycles. The normalized spacial score (nSPS) is 14.3. The summed E-state index contributed by atoms with van der Waals surface area (Å²) in [5.41, 5.74) is 1.97. The van der Waals surface area contributed by atoms with Gasteiger partial charge in [-0.1, -0.05) is 44.2 Å². The Morgan fingerprint density at radius 2 is 1.60 bits per heavy atom. The molecule has 0 bridgehead atoms. The van der Waals surface area contributed by atoms with E-state index in [4.69, 9.17) is 9.90 Å². The summed E-state index contributed by atoms with van der Waals surface area (Å²) >= 11 is 0. The molecule has 11 heteroatoms. The Hall–Kier alpha value is -3.34. The van der Waals surface area contributed by atoms with E-state index >= 15 is 0 Å². The van der Waals surface area contributed by atoms with Crippen LogP contribution in [0.4, 0.5) is 18.9 Å². The lowest BCUT2D eigenvalue weighted by molar-refractivity contribution is -0.192. The van der Waals surface area contributed by atoms with E-state index in [0.717, 1.165) is 24.0 Å². The monoisotopic (exact) mass is 512 g/mol. The van der Waals surface area contributed by atoms with Crippen molar-refractivity contribution in [3.63, 3.8) is 0 Å². The maximum absolute atomic E-state index is 12.6. The second-order valence-electron chi connectivity index (χ2n) is 8.29. The van der Waals surface area contributed by atoms with Crippen molar-refractivity contribution in [1.82, 2.24) is 5.32 Å². The molecule has 0 saturated heterocycles. The van der Waals surface area contributed by atoms with Crippen LogP contribution in [0.3, 0.4) is 0 Å². The molecular formula is C24H27F3N2O5S. The molecule has 7 nitrogen and oxygen atoms in total. The smallest absolute Gasteiger partial charge is 0.475 e. The minimum absolute atomic E-state index is 0.00836. The van der Waals surface area contributed by atoms with Gasteiger partial charge in [0, 0.05) is 12.2 Å². The fraction of sp³-hybridized carbons (Fsp3) is 0.333. The number of rotatable bonds is 8. The van der Waals surface area contributed by atoms with Crippen LogP contribution in [0, 0.1) is 0 Å². The van der Waals surface area contributed by atoms with Gasteiger partial charge in [0.1, 0.15) is 0 Å². The molecule has 0 unspecified atom stereocenters. The van der Waals surface area contributed by atoms with Gasteiger partial charge in [0.15, 0.2) is 0 Å². The molecule has 0 spiro atoms. The number of carbonyl (C=O) groups excluding carboxylic acids is 1. The number of carbonyl (C=O) groups is 2. The van der Waals surface area contributed by atoms with Crippen LogP contribution in [0.2, 0.25) is 0 Å². The van der Waals surface area contributed by atoms with E-state index in [0.29, 0.717) is 18.2 Å². The van der Waals surface area contributed by atoms with Crippen molar-refractivity contribution in [2.75, 3.05) is 11.3 Å². The highest BCUT2D eigenvalue weighted by Crippen LogP contribution is 2.48. The van der Waals surface area contributed by atoms with Crippen molar-refractivity contribution < 1.29 is 36.3 Å². The molecule has 2 aromatic carbocycles. The summed E-state index contributed by atoms with van der Waals surface area (Å²) in [5, 5.41) is 9.98. The second-order valence-corrected chi connectivity index (χ2v) is 9.97. The Morgan fingerprint density at radius 3 is 2.00 bits per heavy atom. The number of hydrogen-bond acceptors (Lipinski definition) is 4. The van der Waals surface area contributed by atoms with Crippen molar-refractivity contribution in [2.45, 2.75) is 49.1 Å². The Bertz CT molecular complexity index is 1160. The summed E-state index contributed by atoms with van der Waals surface area (Å²) in [6.07, 6.45) is -1.84. The van der Waals surface area contributed by atoms with Gasteiger partial charge in [-0.25, -0.2) is 13.2 Å². The molecule has 2 aromatic rings. The van der Waals surface area contributed by atoms with E-state index in [-0.39, 0.29) is 10.8 Å². The van der Waals surface area contributed by atoms with E-state index < -0.39 is 27.6 Å². The summed E-state index contributed by atoms with van der Waals surface area (Å²) in [7, 11) is -3.66. The number of hydrogen-bond donors (Lipinski definition) is 3. The molecule has 0 radical (unpaired) electrons. The Balaban J connectivity index is 0.000000540. The predicted molar refractivity (Wildman–Crippen MR) is 126 cm³/mol. The van der Waals surface area contributed by atoms with Crippen molar-refractivity contribution in [2.24, 2.45) is 0 Å². The maximum atomic E-state index is 12.6. The van der Waals surface area contributed by atoms with Crippen molar-refractivity contribution in [1.29, 1.82) is 0 Å². The van der Waals surface area contributed by atoms with Gasteiger partial charge in [0.2, 0.25) is 5.91 Å². The lowest BCUT2D eigenvalue weighted by Gasteiger charge is -2.16. The molecule has 1 saturated carbocycles. The summed E-state index contributed by atoms with van der Waals surface area (Å²) in [6.45, 7) is 8.18. The van der Waals surface area contributed by atoms with E-state index in [2.05, 4.69) is 30.5 Å². The Morgan fingerprint density at radius 1 is 1.09 bits per heavy atom. The van der Waals surface area contributed by atoms with Gasteiger partial charge in [0.25, 0.3) is 10.0 Å². The number of benzene rings is 2. The number of amides is 1. The average Bonchev–Trinajstić information content (AvgIpc) is 3.59. The molecule has 1 amide bonds. The number of anilines is 1. The minimum atomic E-state index is -5.08. The van der Waals surface area contributed by atoms with E-state index in [1.807, 2.05) is 24.3 Å². The third kappa shape index (κ3) is 7.32. The lowest BCUT2D eigenvalue weighted by Crippen LogP contribution is -2.34. The fourth-order valence-electron chi connectivity index (χ4n) is 3.21. The first kappa shape index (κ1) is 27.9. The number of sulfonamides is 1. The van der Waals surface area contributed by atoms with Crippen molar-refractivity contribution in [3.8, 4) is 0 Å². The summed E-state index contributed by atoms with van der Waals surface area (Å²) in [4.78, 5) is 21.5. The van der Waals surface area contributed by atoms with E-state index in [1.165, 1.54) is 0 Å². The standard InChI is InChI=1S/C22H26N2O3S.C2HF3O2/c1-4-15-23-21(25)22(13-14-22)18-7-9-19(10-8-18)24-28(26,27)20-11-5-17(6-12-20)16(2)3;3-2(4,5)1(6)7/h4-12,16,24H,1,13-15H2,2-3H3,(H,23,25);(H,6,7). The molecule has 0 atom stereocenters. The summed E-state index contributed by atoms with van der Waals surface area (Å²) < 4.78 is 59.6. The van der Waals surface area contributed by atoms with Gasteiger partial charge in [-0.3, -0.25) is 9.52 Å². The zero-order valence-electron chi connectivity index (χ0n) is 19.2.